The van der Waals surface area contributed by atoms with Gasteiger partial charge in [-0.2, -0.15) is 0 Å². The Labute approximate surface area is 324 Å². The molecule has 10 nitrogen and oxygen atoms in total. The van der Waals surface area contributed by atoms with E-state index < -0.39 is 0 Å². The summed E-state index contributed by atoms with van der Waals surface area (Å²) in [5.74, 6) is -0.808. The molecule has 2 N–H and O–H groups in total. The average molecular weight is 756 g/mol. The van der Waals surface area contributed by atoms with Gasteiger partial charge in [0.2, 0.25) is 0 Å². The van der Waals surface area contributed by atoms with Gasteiger partial charge in [0.15, 0.2) is 11.5 Å². The van der Waals surface area contributed by atoms with E-state index in [0.717, 1.165) is 31.7 Å². The van der Waals surface area contributed by atoms with E-state index in [1.165, 1.54) is 12.7 Å². The van der Waals surface area contributed by atoms with Gasteiger partial charge < -0.3 is 29.3 Å². The number of phenolic OH excluding ortho intramolecular Hbond substituents is 2. The lowest BCUT2D eigenvalue weighted by Crippen LogP contribution is -2.53. The third-order valence-corrected chi connectivity index (χ3v) is 11.2. The van der Waals surface area contributed by atoms with Gasteiger partial charge in [-0.1, -0.05) is 72.3 Å². The van der Waals surface area contributed by atoms with Crippen LogP contribution in [0.3, 0.4) is 0 Å². The number of aromatic nitrogens is 1. The number of methoxy groups -OCH3 is 1. The molecule has 6 aromatic rings. The minimum atomic E-state index is -0.334. The van der Waals surface area contributed by atoms with E-state index in [0.29, 0.717) is 53.0 Å². The minimum Gasteiger partial charge on any atom is -0.508 e. The molecule has 280 valence electrons. The van der Waals surface area contributed by atoms with Gasteiger partial charge >= 0.3 is 0 Å². The number of para-hydroxylation sites is 2. The van der Waals surface area contributed by atoms with Gasteiger partial charge in [0.05, 0.1) is 29.4 Å². The largest absolute Gasteiger partial charge is 0.508 e. The number of nitrogens with zero attached hydrogens (tertiary/aromatic N) is 5. The second-order valence-corrected chi connectivity index (χ2v) is 14.6. The van der Waals surface area contributed by atoms with Crippen LogP contribution in [0, 0.1) is 0 Å². The quantitative estimate of drug-likeness (QED) is 0.166. The average Bonchev–Trinajstić information content (AvgIpc) is 3.60. The SMILES string of the molecule is COc1cc(-n2cc(C(=O)N(c3ccccc3)c3ccc(O)cc3)c3ccccc32)c(C(=O)N2Cc3ccccc3C[C@H]2CN2CCN(C)CC2)c(Cl)c1O. The Morgan fingerprint density at radius 2 is 1.49 bits per heavy atom. The molecule has 5 aromatic carbocycles. The van der Waals surface area contributed by atoms with Crippen LogP contribution in [-0.2, 0) is 13.0 Å². The molecule has 0 aliphatic carbocycles. The topological polar surface area (TPSA) is 102 Å². The molecule has 1 atom stereocenters. The molecule has 1 aromatic heterocycles. The van der Waals surface area contributed by atoms with Crippen LogP contribution < -0.4 is 9.64 Å². The number of benzene rings is 5. The van der Waals surface area contributed by atoms with Crippen LogP contribution >= 0.6 is 11.6 Å². The number of carbonyl (C=O) groups is 2. The fourth-order valence-electron chi connectivity index (χ4n) is 7.85. The molecule has 2 aliphatic rings. The van der Waals surface area contributed by atoms with Crippen molar-refractivity contribution in [2.75, 3.05) is 51.8 Å². The summed E-state index contributed by atoms with van der Waals surface area (Å²) in [4.78, 5) is 38.3. The van der Waals surface area contributed by atoms with Crippen molar-refractivity contribution in [1.82, 2.24) is 19.3 Å². The molecule has 11 heteroatoms. The number of carbonyl (C=O) groups excluding carboxylic acids is 2. The van der Waals surface area contributed by atoms with Gasteiger partial charge in [0.25, 0.3) is 11.8 Å². The summed E-state index contributed by atoms with van der Waals surface area (Å²) < 4.78 is 7.38. The molecule has 0 radical (unpaired) electrons. The fraction of sp³-hybridized carbons (Fsp3) is 0.227. The number of piperazine rings is 1. The molecule has 8 rings (SSSR count). The van der Waals surface area contributed by atoms with Crippen LogP contribution in [0.1, 0.15) is 31.8 Å². The summed E-state index contributed by atoms with van der Waals surface area (Å²) in [6.07, 6.45) is 2.40. The molecule has 55 heavy (non-hydrogen) atoms. The number of aromatic hydroxyl groups is 2. The number of anilines is 2. The molecular weight excluding hydrogens is 714 g/mol. The van der Waals surface area contributed by atoms with E-state index >= 15 is 4.79 Å². The van der Waals surface area contributed by atoms with Crippen molar-refractivity contribution in [2.24, 2.45) is 0 Å². The lowest BCUT2D eigenvalue weighted by molar-refractivity contribution is 0.0535. The summed E-state index contributed by atoms with van der Waals surface area (Å²) >= 11 is 7.04. The van der Waals surface area contributed by atoms with E-state index in [1.807, 2.05) is 71.6 Å². The van der Waals surface area contributed by atoms with Gasteiger partial charge in [0.1, 0.15) is 10.8 Å². The second kappa shape index (κ2) is 15.1. The summed E-state index contributed by atoms with van der Waals surface area (Å²) in [7, 11) is 3.56. The van der Waals surface area contributed by atoms with Gasteiger partial charge in [-0.05, 0) is 67.1 Å². The maximum absolute atomic E-state index is 15.2. The van der Waals surface area contributed by atoms with Crippen molar-refractivity contribution >= 4 is 45.7 Å². The van der Waals surface area contributed by atoms with Crippen molar-refractivity contribution in [2.45, 2.75) is 19.0 Å². The van der Waals surface area contributed by atoms with Gasteiger partial charge in [-0.15, -0.1) is 0 Å². The molecular formula is C44H42ClN5O5. The fourth-order valence-corrected chi connectivity index (χ4v) is 8.12. The van der Waals surface area contributed by atoms with Crippen molar-refractivity contribution in [3.8, 4) is 22.9 Å². The Bertz CT molecular complexity index is 2370. The van der Waals surface area contributed by atoms with Crippen LogP contribution in [0.4, 0.5) is 11.4 Å². The number of likely N-dealkylation sites (N-methyl/N-ethyl adjacent to an activating group) is 1. The molecule has 3 heterocycles. The zero-order valence-corrected chi connectivity index (χ0v) is 31.5. The predicted octanol–water partition coefficient (Wildman–Crippen LogP) is 7.50. The molecule has 2 amide bonds. The van der Waals surface area contributed by atoms with Crippen LogP contribution in [0.2, 0.25) is 5.02 Å². The molecule has 0 saturated carbocycles. The van der Waals surface area contributed by atoms with E-state index in [-0.39, 0.29) is 45.7 Å². The summed E-state index contributed by atoms with van der Waals surface area (Å²) in [6.45, 7) is 4.79. The number of hydrogen-bond donors (Lipinski definition) is 2. The molecule has 0 spiro atoms. The first-order valence-electron chi connectivity index (χ1n) is 18.4. The van der Waals surface area contributed by atoms with Gasteiger partial charge in [0, 0.05) is 74.3 Å². The van der Waals surface area contributed by atoms with E-state index in [9.17, 15) is 15.0 Å². The highest BCUT2D eigenvalue weighted by molar-refractivity contribution is 6.36. The highest BCUT2D eigenvalue weighted by Gasteiger charge is 2.36. The Morgan fingerprint density at radius 3 is 2.22 bits per heavy atom. The van der Waals surface area contributed by atoms with E-state index in [4.69, 9.17) is 16.3 Å². The number of hydrogen-bond acceptors (Lipinski definition) is 7. The van der Waals surface area contributed by atoms with E-state index in [1.54, 1.807) is 46.0 Å². The number of fused-ring (bicyclic) bond motifs is 2. The predicted molar refractivity (Wildman–Crippen MR) is 215 cm³/mol. The van der Waals surface area contributed by atoms with Crippen molar-refractivity contribution in [3.63, 3.8) is 0 Å². The summed E-state index contributed by atoms with van der Waals surface area (Å²) in [6, 6.07) is 32.9. The number of amides is 2. The zero-order chi connectivity index (χ0) is 38.2. The molecule has 2 aliphatic heterocycles. The normalized spacial score (nSPS) is 16.2. The highest BCUT2D eigenvalue weighted by atomic mass is 35.5. The van der Waals surface area contributed by atoms with Crippen molar-refractivity contribution in [1.29, 1.82) is 0 Å². The second-order valence-electron chi connectivity index (χ2n) is 14.2. The molecule has 1 fully saturated rings. The third kappa shape index (κ3) is 6.89. The lowest BCUT2D eigenvalue weighted by Gasteiger charge is -2.42. The maximum atomic E-state index is 15.2. The first-order chi connectivity index (χ1) is 26.7. The minimum absolute atomic E-state index is 0.0825. The molecule has 0 unspecified atom stereocenters. The van der Waals surface area contributed by atoms with E-state index in [2.05, 4.69) is 29.0 Å². The van der Waals surface area contributed by atoms with Gasteiger partial charge in [-0.3, -0.25) is 19.4 Å². The smallest absolute Gasteiger partial charge is 0.265 e. The first-order valence-corrected chi connectivity index (χ1v) is 18.8. The molecule has 0 bridgehead atoms. The monoisotopic (exact) mass is 755 g/mol. The maximum Gasteiger partial charge on any atom is 0.265 e. The Kier molecular flexibility index (Phi) is 9.96. The third-order valence-electron chi connectivity index (χ3n) is 10.8. The van der Waals surface area contributed by atoms with Crippen LogP contribution in [0.15, 0.2) is 115 Å². The number of rotatable bonds is 8. The number of ether oxygens (including phenoxy) is 1. The van der Waals surface area contributed by atoms with Crippen LogP contribution in [0.5, 0.6) is 17.2 Å². The number of phenols is 2. The molecule has 1 saturated heterocycles. The highest BCUT2D eigenvalue weighted by Crippen LogP contribution is 2.43. The van der Waals surface area contributed by atoms with Crippen molar-refractivity contribution in [3.05, 3.63) is 143 Å². The summed E-state index contributed by atoms with van der Waals surface area (Å²) in [5, 5.41) is 21.9. The Hall–Kier alpha value is -5.81. The Balaban J connectivity index is 1.27. The standard InChI is InChI=1S/C44H42ClN5O5/c1-46-20-22-47(23-21-46)27-33-24-29-10-6-7-11-30(29)26-48(33)44(54)40-38(25-39(55-2)42(52)41(40)45)49-28-36(35-14-8-9-15-37(35)49)43(53)50(31-12-4-3-5-13-31)32-16-18-34(51)19-17-32/h3-19,25,28,33,51-52H,20-24,26-27H2,1-2H3/t33-/m0/s1. The number of halogens is 1. The zero-order valence-electron chi connectivity index (χ0n) is 30.7. The van der Waals surface area contributed by atoms with Crippen LogP contribution in [-0.4, -0.2) is 94.2 Å². The summed E-state index contributed by atoms with van der Waals surface area (Å²) in [5.41, 5.74) is 4.98. The lowest BCUT2D eigenvalue weighted by atomic mass is 9.92. The van der Waals surface area contributed by atoms with Crippen LogP contribution in [0.25, 0.3) is 16.6 Å². The first kappa shape index (κ1) is 36.2. The Morgan fingerprint density at radius 1 is 0.836 bits per heavy atom. The van der Waals surface area contributed by atoms with Crippen molar-refractivity contribution < 1.29 is 24.5 Å². The van der Waals surface area contributed by atoms with Gasteiger partial charge in [-0.25, -0.2) is 0 Å².